The van der Waals surface area contributed by atoms with E-state index in [-0.39, 0.29) is 0 Å². The van der Waals surface area contributed by atoms with Crippen LogP contribution in [0.2, 0.25) is 0 Å². The molecule has 0 saturated heterocycles. The number of para-hydroxylation sites is 2. The van der Waals surface area contributed by atoms with Crippen molar-refractivity contribution in [1.29, 1.82) is 0 Å². The molecule has 0 bridgehead atoms. The summed E-state index contributed by atoms with van der Waals surface area (Å²) in [5, 5.41) is 0. The van der Waals surface area contributed by atoms with E-state index < -0.39 is 0 Å². The van der Waals surface area contributed by atoms with Gasteiger partial charge in [-0.25, -0.2) is 4.98 Å². The Morgan fingerprint density at radius 1 is 0.750 bits per heavy atom. The van der Waals surface area contributed by atoms with Crippen molar-refractivity contribution in [2.24, 2.45) is 0 Å². The third kappa shape index (κ3) is 3.78. The Morgan fingerprint density at radius 3 is 2.04 bits per heavy atom. The van der Waals surface area contributed by atoms with Crippen LogP contribution in [0.5, 0.6) is 17.2 Å². The summed E-state index contributed by atoms with van der Waals surface area (Å²) in [4.78, 5) is 4.78. The third-order valence-corrected chi connectivity index (χ3v) is 4.66. The number of imidazole rings is 1. The molecule has 5 nitrogen and oxygen atoms in total. The highest BCUT2D eigenvalue weighted by Crippen LogP contribution is 2.22. The zero-order valence-corrected chi connectivity index (χ0v) is 16.0. The van der Waals surface area contributed by atoms with Crippen LogP contribution in [0.4, 0.5) is 0 Å². The van der Waals surface area contributed by atoms with E-state index in [0.717, 1.165) is 34.1 Å². The molecule has 0 aliphatic carbocycles. The van der Waals surface area contributed by atoms with Crippen molar-refractivity contribution < 1.29 is 14.2 Å². The molecule has 28 heavy (non-hydrogen) atoms. The number of hydrogen-bond acceptors (Lipinski definition) is 4. The molecule has 4 aromatic rings. The number of nitrogens with zero attached hydrogens (tertiary/aromatic N) is 2. The Labute approximate surface area is 164 Å². The fourth-order valence-electron chi connectivity index (χ4n) is 3.15. The first-order chi connectivity index (χ1) is 13.8. The number of methoxy groups -OCH3 is 2. The number of ether oxygens (including phenoxy) is 3. The molecule has 0 radical (unpaired) electrons. The van der Waals surface area contributed by atoms with Gasteiger partial charge in [-0.2, -0.15) is 0 Å². The molecule has 0 spiro atoms. The average molecular weight is 374 g/mol. The summed E-state index contributed by atoms with van der Waals surface area (Å²) < 4.78 is 18.6. The minimum absolute atomic E-state index is 0.386. The van der Waals surface area contributed by atoms with E-state index in [1.807, 2.05) is 54.6 Å². The van der Waals surface area contributed by atoms with Crippen LogP contribution in [0.25, 0.3) is 11.0 Å². The third-order valence-electron chi connectivity index (χ3n) is 4.66. The Hall–Kier alpha value is -3.47. The largest absolute Gasteiger partial charge is 0.497 e. The van der Waals surface area contributed by atoms with E-state index in [0.29, 0.717) is 13.2 Å². The molecule has 0 aliphatic heterocycles. The van der Waals surface area contributed by atoms with Gasteiger partial charge in [0.05, 0.1) is 25.3 Å². The Balaban J connectivity index is 1.60. The van der Waals surface area contributed by atoms with Gasteiger partial charge in [-0.3, -0.25) is 0 Å². The molecule has 1 aromatic heterocycles. The zero-order chi connectivity index (χ0) is 19.3. The number of rotatable bonds is 7. The molecular weight excluding hydrogens is 352 g/mol. The Morgan fingerprint density at radius 2 is 1.36 bits per heavy atom. The van der Waals surface area contributed by atoms with Crippen LogP contribution >= 0.6 is 0 Å². The number of fused-ring (bicyclic) bond motifs is 1. The topological polar surface area (TPSA) is 45.5 Å². The van der Waals surface area contributed by atoms with E-state index in [2.05, 4.69) is 22.8 Å². The van der Waals surface area contributed by atoms with Crippen molar-refractivity contribution in [3.63, 3.8) is 0 Å². The minimum Gasteiger partial charge on any atom is -0.497 e. The monoisotopic (exact) mass is 374 g/mol. The van der Waals surface area contributed by atoms with Gasteiger partial charge in [-0.05, 0) is 54.1 Å². The first-order valence-corrected chi connectivity index (χ1v) is 9.11. The zero-order valence-electron chi connectivity index (χ0n) is 16.0. The lowest BCUT2D eigenvalue weighted by molar-refractivity contribution is 0.290. The van der Waals surface area contributed by atoms with Gasteiger partial charge in [0.2, 0.25) is 0 Å². The van der Waals surface area contributed by atoms with Crippen LogP contribution < -0.4 is 14.2 Å². The van der Waals surface area contributed by atoms with Crippen molar-refractivity contribution in [1.82, 2.24) is 9.55 Å². The van der Waals surface area contributed by atoms with Gasteiger partial charge in [-0.15, -0.1) is 0 Å². The lowest BCUT2D eigenvalue weighted by atomic mass is 10.2. The second-order valence-electron chi connectivity index (χ2n) is 6.42. The molecular formula is C23H22N2O3. The smallest absolute Gasteiger partial charge is 0.148 e. The molecule has 0 saturated carbocycles. The summed E-state index contributed by atoms with van der Waals surface area (Å²) in [5.41, 5.74) is 3.23. The highest BCUT2D eigenvalue weighted by atomic mass is 16.5. The summed E-state index contributed by atoms with van der Waals surface area (Å²) >= 11 is 0. The number of aromatic nitrogens is 2. The Bertz CT molecular complexity index is 1050. The summed E-state index contributed by atoms with van der Waals surface area (Å²) in [6.45, 7) is 1.10. The normalized spacial score (nSPS) is 10.8. The van der Waals surface area contributed by atoms with Gasteiger partial charge < -0.3 is 18.8 Å². The molecule has 0 amide bonds. The molecule has 0 aliphatic rings. The van der Waals surface area contributed by atoms with Gasteiger partial charge in [-0.1, -0.05) is 24.3 Å². The predicted octanol–water partition coefficient (Wildman–Crippen LogP) is 4.68. The van der Waals surface area contributed by atoms with E-state index in [1.165, 1.54) is 5.56 Å². The minimum atomic E-state index is 0.386. The second-order valence-corrected chi connectivity index (χ2v) is 6.42. The highest BCUT2D eigenvalue weighted by Gasteiger charge is 2.12. The maximum Gasteiger partial charge on any atom is 0.148 e. The standard InChI is InChI=1S/C23H22N2O3/c1-26-18-9-7-17(8-10-18)15-25-22-6-4-3-5-21(22)24-23(25)16-28-20-13-11-19(27-2)12-14-20/h3-14H,15-16H2,1-2H3. The molecule has 142 valence electrons. The summed E-state index contributed by atoms with van der Waals surface area (Å²) in [6, 6.07) is 23.8. The lowest BCUT2D eigenvalue weighted by Crippen LogP contribution is -2.08. The summed E-state index contributed by atoms with van der Waals surface area (Å²) in [6.07, 6.45) is 0. The second kappa shape index (κ2) is 8.05. The summed E-state index contributed by atoms with van der Waals surface area (Å²) in [5.74, 6) is 3.32. The first-order valence-electron chi connectivity index (χ1n) is 9.11. The van der Waals surface area contributed by atoms with Gasteiger partial charge in [0.1, 0.15) is 29.7 Å². The first kappa shape index (κ1) is 17.9. The molecule has 0 unspecified atom stereocenters. The van der Waals surface area contributed by atoms with E-state index >= 15 is 0 Å². The van der Waals surface area contributed by atoms with Crippen LogP contribution in [0.15, 0.2) is 72.8 Å². The fourth-order valence-corrected chi connectivity index (χ4v) is 3.15. The molecule has 1 heterocycles. The average Bonchev–Trinajstić information content (AvgIpc) is 3.10. The van der Waals surface area contributed by atoms with Crippen LogP contribution in [0.1, 0.15) is 11.4 Å². The van der Waals surface area contributed by atoms with E-state index in [1.54, 1.807) is 14.2 Å². The van der Waals surface area contributed by atoms with Crippen LogP contribution in [-0.4, -0.2) is 23.8 Å². The van der Waals surface area contributed by atoms with Gasteiger partial charge >= 0.3 is 0 Å². The summed E-state index contributed by atoms with van der Waals surface area (Å²) in [7, 11) is 3.32. The van der Waals surface area contributed by atoms with Crippen LogP contribution in [-0.2, 0) is 13.2 Å². The Kier molecular flexibility index (Phi) is 5.15. The van der Waals surface area contributed by atoms with Crippen molar-refractivity contribution in [2.75, 3.05) is 14.2 Å². The van der Waals surface area contributed by atoms with Gasteiger partial charge in [0.15, 0.2) is 0 Å². The van der Waals surface area contributed by atoms with Crippen molar-refractivity contribution in [3.05, 3.63) is 84.2 Å². The van der Waals surface area contributed by atoms with Crippen molar-refractivity contribution in [2.45, 2.75) is 13.2 Å². The quantitative estimate of drug-likeness (QED) is 0.471. The van der Waals surface area contributed by atoms with Crippen molar-refractivity contribution in [3.8, 4) is 17.2 Å². The van der Waals surface area contributed by atoms with Crippen LogP contribution in [0, 0.1) is 0 Å². The molecule has 5 heteroatoms. The van der Waals surface area contributed by atoms with Gasteiger partial charge in [0.25, 0.3) is 0 Å². The maximum atomic E-state index is 5.98. The van der Waals surface area contributed by atoms with E-state index in [4.69, 9.17) is 19.2 Å². The lowest BCUT2D eigenvalue weighted by Gasteiger charge is -2.11. The number of benzene rings is 3. The fraction of sp³-hybridized carbons (Fsp3) is 0.174. The highest BCUT2D eigenvalue weighted by molar-refractivity contribution is 5.76. The maximum absolute atomic E-state index is 5.98. The van der Waals surface area contributed by atoms with E-state index in [9.17, 15) is 0 Å². The number of hydrogen-bond donors (Lipinski definition) is 0. The van der Waals surface area contributed by atoms with Crippen molar-refractivity contribution >= 4 is 11.0 Å². The SMILES string of the molecule is COc1ccc(Cn2c(COc3ccc(OC)cc3)nc3ccccc32)cc1. The predicted molar refractivity (Wildman–Crippen MR) is 109 cm³/mol. The molecule has 3 aromatic carbocycles. The van der Waals surface area contributed by atoms with Gasteiger partial charge in [0, 0.05) is 6.54 Å². The molecule has 4 rings (SSSR count). The van der Waals surface area contributed by atoms with Crippen LogP contribution in [0.3, 0.4) is 0 Å². The molecule has 0 fully saturated rings. The molecule has 0 N–H and O–H groups in total. The molecule has 0 atom stereocenters.